The highest BCUT2D eigenvalue weighted by Gasteiger charge is 2.33. The zero-order chi connectivity index (χ0) is 15.5. The molecule has 0 saturated carbocycles. The van der Waals surface area contributed by atoms with Gasteiger partial charge in [-0.2, -0.15) is 0 Å². The van der Waals surface area contributed by atoms with Crippen LogP contribution in [0.25, 0.3) is 0 Å². The van der Waals surface area contributed by atoms with E-state index >= 15 is 0 Å². The van der Waals surface area contributed by atoms with Crippen LogP contribution in [-0.2, 0) is 6.54 Å². The first-order valence-electron chi connectivity index (χ1n) is 8.04. The van der Waals surface area contributed by atoms with Crippen molar-refractivity contribution in [2.24, 2.45) is 11.7 Å². The van der Waals surface area contributed by atoms with Crippen LogP contribution in [0.1, 0.15) is 30.4 Å². The van der Waals surface area contributed by atoms with E-state index in [1.165, 1.54) is 11.1 Å². The minimum Gasteiger partial charge on any atom is -0.399 e. The van der Waals surface area contributed by atoms with Crippen LogP contribution in [0.4, 0.5) is 5.69 Å². The number of nitrogens with two attached hydrogens (primary N) is 2. The molecular formula is C19H25N3. The molecule has 2 aromatic carbocycles. The summed E-state index contributed by atoms with van der Waals surface area (Å²) in [5.74, 6) is 0.907. The second kappa shape index (κ2) is 6.51. The molecule has 0 spiro atoms. The first-order chi connectivity index (χ1) is 10.6. The molecule has 3 heteroatoms. The van der Waals surface area contributed by atoms with E-state index in [1.54, 1.807) is 0 Å². The molecular weight excluding hydrogens is 270 g/mol. The number of likely N-dealkylation sites (tertiary alicyclic amines) is 1. The molecule has 1 aliphatic heterocycles. The first-order valence-corrected chi connectivity index (χ1v) is 8.04. The molecule has 116 valence electrons. The Hall–Kier alpha value is -1.84. The van der Waals surface area contributed by atoms with Crippen LogP contribution in [0.2, 0.25) is 0 Å². The summed E-state index contributed by atoms with van der Waals surface area (Å²) in [5.41, 5.74) is 15.9. The Bertz CT molecular complexity index is 611. The van der Waals surface area contributed by atoms with E-state index in [0.29, 0.717) is 11.8 Å². The standard InChI is InChI=1S/C19H25N3/c1-14-18(16-8-5-9-17(20)12-16)10-11-22(19(14)21)13-15-6-3-2-4-7-15/h2-9,12,14,18-19H,10-11,13,20-21H2,1H3. The zero-order valence-electron chi connectivity index (χ0n) is 13.2. The van der Waals surface area contributed by atoms with Crippen LogP contribution in [0, 0.1) is 5.92 Å². The van der Waals surface area contributed by atoms with Gasteiger partial charge in [-0.05, 0) is 41.5 Å². The lowest BCUT2D eigenvalue weighted by molar-refractivity contribution is 0.0812. The topological polar surface area (TPSA) is 55.3 Å². The van der Waals surface area contributed by atoms with Crippen molar-refractivity contribution in [3.05, 3.63) is 65.7 Å². The fourth-order valence-electron chi connectivity index (χ4n) is 3.55. The van der Waals surface area contributed by atoms with Crippen molar-refractivity contribution < 1.29 is 0 Å². The van der Waals surface area contributed by atoms with Gasteiger partial charge < -0.3 is 11.5 Å². The van der Waals surface area contributed by atoms with Crippen LogP contribution in [0.15, 0.2) is 54.6 Å². The summed E-state index contributed by atoms with van der Waals surface area (Å²) in [5, 5.41) is 0. The quantitative estimate of drug-likeness (QED) is 0.855. The van der Waals surface area contributed by atoms with Crippen LogP contribution < -0.4 is 11.5 Å². The predicted octanol–water partition coefficient (Wildman–Crippen LogP) is 3.18. The molecule has 0 bridgehead atoms. The number of benzene rings is 2. The van der Waals surface area contributed by atoms with E-state index in [2.05, 4.69) is 54.3 Å². The van der Waals surface area contributed by atoms with Gasteiger partial charge in [-0.3, -0.25) is 4.90 Å². The van der Waals surface area contributed by atoms with Gasteiger partial charge >= 0.3 is 0 Å². The average molecular weight is 295 g/mol. The molecule has 0 amide bonds. The van der Waals surface area contributed by atoms with Crippen LogP contribution in [0.3, 0.4) is 0 Å². The van der Waals surface area contributed by atoms with Gasteiger partial charge in [0.1, 0.15) is 0 Å². The van der Waals surface area contributed by atoms with Crippen molar-refractivity contribution in [1.29, 1.82) is 0 Å². The minimum atomic E-state index is 0.0837. The number of rotatable bonds is 3. The molecule has 22 heavy (non-hydrogen) atoms. The van der Waals surface area contributed by atoms with Gasteiger partial charge in [0.05, 0.1) is 6.17 Å². The molecule has 3 unspecified atom stereocenters. The van der Waals surface area contributed by atoms with E-state index in [4.69, 9.17) is 11.5 Å². The van der Waals surface area contributed by atoms with Gasteiger partial charge in [0.25, 0.3) is 0 Å². The van der Waals surface area contributed by atoms with E-state index in [0.717, 1.165) is 25.2 Å². The number of piperidine rings is 1. The number of hydrogen-bond acceptors (Lipinski definition) is 3. The van der Waals surface area contributed by atoms with Gasteiger partial charge in [0.15, 0.2) is 0 Å². The van der Waals surface area contributed by atoms with E-state index in [9.17, 15) is 0 Å². The minimum absolute atomic E-state index is 0.0837. The average Bonchev–Trinajstić information content (AvgIpc) is 2.53. The molecule has 0 aromatic heterocycles. The summed E-state index contributed by atoms with van der Waals surface area (Å²) in [7, 11) is 0. The summed E-state index contributed by atoms with van der Waals surface area (Å²) >= 11 is 0. The molecule has 3 rings (SSSR count). The highest BCUT2D eigenvalue weighted by molar-refractivity contribution is 5.42. The summed E-state index contributed by atoms with van der Waals surface area (Å²) in [6.07, 6.45) is 1.21. The molecule has 0 aliphatic carbocycles. The molecule has 1 saturated heterocycles. The van der Waals surface area contributed by atoms with Gasteiger partial charge in [-0.25, -0.2) is 0 Å². The lowest BCUT2D eigenvalue weighted by Gasteiger charge is -2.42. The smallest absolute Gasteiger partial charge is 0.0607 e. The largest absolute Gasteiger partial charge is 0.399 e. The van der Waals surface area contributed by atoms with Crippen LogP contribution in [0.5, 0.6) is 0 Å². The lowest BCUT2D eigenvalue weighted by Crippen LogP contribution is -2.52. The van der Waals surface area contributed by atoms with E-state index in [-0.39, 0.29) is 6.17 Å². The Balaban J connectivity index is 1.72. The predicted molar refractivity (Wildman–Crippen MR) is 92.2 cm³/mol. The van der Waals surface area contributed by atoms with Gasteiger partial charge in [0, 0.05) is 18.8 Å². The van der Waals surface area contributed by atoms with Gasteiger partial charge in [0.2, 0.25) is 0 Å². The van der Waals surface area contributed by atoms with Crippen molar-refractivity contribution in [3.63, 3.8) is 0 Å². The van der Waals surface area contributed by atoms with Crippen LogP contribution >= 0.6 is 0 Å². The Labute approximate surface area is 132 Å². The molecule has 3 nitrogen and oxygen atoms in total. The highest BCUT2D eigenvalue weighted by atomic mass is 15.2. The first kappa shape index (κ1) is 15.1. The molecule has 3 atom stereocenters. The zero-order valence-corrected chi connectivity index (χ0v) is 13.2. The van der Waals surface area contributed by atoms with E-state index < -0.39 is 0 Å². The number of anilines is 1. The molecule has 1 fully saturated rings. The van der Waals surface area contributed by atoms with Crippen molar-refractivity contribution in [2.45, 2.75) is 32.0 Å². The van der Waals surface area contributed by atoms with Crippen molar-refractivity contribution in [1.82, 2.24) is 4.90 Å². The highest BCUT2D eigenvalue weighted by Crippen LogP contribution is 2.36. The summed E-state index contributed by atoms with van der Waals surface area (Å²) in [4.78, 5) is 2.39. The summed E-state index contributed by atoms with van der Waals surface area (Å²) in [6.45, 7) is 4.21. The maximum atomic E-state index is 6.53. The second-order valence-corrected chi connectivity index (χ2v) is 6.37. The Morgan fingerprint density at radius 3 is 2.59 bits per heavy atom. The molecule has 4 N–H and O–H groups in total. The Kier molecular flexibility index (Phi) is 4.46. The SMILES string of the molecule is CC1C(c2cccc(N)c2)CCN(Cc2ccccc2)C1N. The maximum absolute atomic E-state index is 6.53. The normalized spacial score (nSPS) is 26.0. The van der Waals surface area contributed by atoms with E-state index in [1.807, 2.05) is 12.1 Å². The third kappa shape index (κ3) is 3.16. The summed E-state index contributed by atoms with van der Waals surface area (Å²) < 4.78 is 0. The van der Waals surface area contributed by atoms with Crippen LogP contribution in [-0.4, -0.2) is 17.6 Å². The molecule has 1 heterocycles. The second-order valence-electron chi connectivity index (χ2n) is 6.37. The third-order valence-corrected chi connectivity index (χ3v) is 4.89. The lowest BCUT2D eigenvalue weighted by atomic mass is 9.79. The van der Waals surface area contributed by atoms with Crippen molar-refractivity contribution >= 4 is 5.69 Å². The van der Waals surface area contributed by atoms with Crippen molar-refractivity contribution in [3.8, 4) is 0 Å². The molecule has 0 radical (unpaired) electrons. The fourth-order valence-corrected chi connectivity index (χ4v) is 3.55. The third-order valence-electron chi connectivity index (χ3n) is 4.89. The van der Waals surface area contributed by atoms with Gasteiger partial charge in [-0.15, -0.1) is 0 Å². The fraction of sp³-hybridized carbons (Fsp3) is 0.368. The van der Waals surface area contributed by atoms with Gasteiger partial charge in [-0.1, -0.05) is 49.4 Å². The number of nitrogen functional groups attached to an aromatic ring is 1. The molecule has 1 aliphatic rings. The summed E-state index contributed by atoms with van der Waals surface area (Å²) in [6, 6.07) is 18.8. The number of hydrogen-bond donors (Lipinski definition) is 2. The Morgan fingerprint density at radius 2 is 1.86 bits per heavy atom. The Morgan fingerprint density at radius 1 is 1.09 bits per heavy atom. The maximum Gasteiger partial charge on any atom is 0.0607 e. The number of nitrogens with zero attached hydrogens (tertiary/aromatic N) is 1. The monoisotopic (exact) mass is 295 g/mol. The van der Waals surface area contributed by atoms with Crippen molar-refractivity contribution in [2.75, 3.05) is 12.3 Å². The molecule has 2 aromatic rings.